The van der Waals surface area contributed by atoms with Gasteiger partial charge in [0.15, 0.2) is 11.6 Å². The van der Waals surface area contributed by atoms with Crippen LogP contribution in [0.1, 0.15) is 34.6 Å². The molecule has 2 heterocycles. The van der Waals surface area contributed by atoms with Gasteiger partial charge in [0.1, 0.15) is 24.4 Å². The van der Waals surface area contributed by atoms with Gasteiger partial charge in [0, 0.05) is 6.08 Å². The average Bonchev–Trinajstić information content (AvgIpc) is 3.01. The molecule has 0 radical (unpaired) electrons. The fourth-order valence-electron chi connectivity index (χ4n) is 2.99. The van der Waals surface area contributed by atoms with E-state index in [2.05, 4.69) is 0 Å². The van der Waals surface area contributed by atoms with Gasteiger partial charge in [-0.15, -0.1) is 0 Å². The molecule has 0 amide bonds. The van der Waals surface area contributed by atoms with Crippen LogP contribution >= 0.6 is 0 Å². The first-order valence-corrected chi connectivity index (χ1v) is 10.5. The topological polar surface area (TPSA) is 107 Å². The second-order valence-electron chi connectivity index (χ2n) is 7.31. The van der Waals surface area contributed by atoms with E-state index in [0.29, 0.717) is 0 Å². The van der Waals surface area contributed by atoms with Crippen molar-refractivity contribution in [2.75, 3.05) is 19.5 Å². The van der Waals surface area contributed by atoms with E-state index in [1.165, 1.54) is 12.2 Å². The summed E-state index contributed by atoms with van der Waals surface area (Å²) in [6.07, 6.45) is 0.323. The Morgan fingerprint density at radius 3 is 2.37 bits per heavy atom. The molecular formula is C17H28O9S. The summed E-state index contributed by atoms with van der Waals surface area (Å²) in [6.45, 7) is 8.88. The van der Waals surface area contributed by atoms with Crippen molar-refractivity contribution in [3.63, 3.8) is 0 Å². The van der Waals surface area contributed by atoms with Crippen LogP contribution in [-0.4, -0.2) is 69.8 Å². The van der Waals surface area contributed by atoms with E-state index in [9.17, 15) is 13.2 Å². The molecule has 10 heteroatoms. The summed E-state index contributed by atoms with van der Waals surface area (Å²) in [5, 5.41) is 0. The van der Waals surface area contributed by atoms with E-state index in [1.54, 1.807) is 34.6 Å². The highest BCUT2D eigenvalue weighted by Gasteiger charge is 2.51. The van der Waals surface area contributed by atoms with Gasteiger partial charge in [-0.25, -0.2) is 4.79 Å². The van der Waals surface area contributed by atoms with Crippen LogP contribution in [0.4, 0.5) is 0 Å². The molecule has 0 aromatic carbocycles. The molecule has 2 rings (SSSR count). The number of rotatable bonds is 7. The normalized spacial score (nSPS) is 31.3. The molecule has 0 saturated carbocycles. The maximum atomic E-state index is 11.8. The highest BCUT2D eigenvalue weighted by molar-refractivity contribution is 7.86. The Balaban J connectivity index is 2.28. The quantitative estimate of drug-likeness (QED) is 0.348. The molecule has 0 aromatic rings. The first kappa shape index (κ1) is 22.3. The fourth-order valence-corrected chi connectivity index (χ4v) is 3.63. The number of hydrogen-bond donors (Lipinski definition) is 0. The van der Waals surface area contributed by atoms with Crippen LogP contribution in [0.5, 0.6) is 0 Å². The van der Waals surface area contributed by atoms with E-state index in [4.69, 9.17) is 27.9 Å². The van der Waals surface area contributed by atoms with Crippen LogP contribution < -0.4 is 0 Å². The van der Waals surface area contributed by atoms with Gasteiger partial charge in [-0.2, -0.15) is 8.42 Å². The Labute approximate surface area is 160 Å². The van der Waals surface area contributed by atoms with Gasteiger partial charge in [-0.3, -0.25) is 4.18 Å². The third-order valence-corrected chi connectivity index (χ3v) is 4.45. The molecule has 156 valence electrons. The molecule has 2 fully saturated rings. The fraction of sp³-hybridized carbons (Fsp3) is 0.824. The van der Waals surface area contributed by atoms with Crippen molar-refractivity contribution < 1.29 is 41.1 Å². The van der Waals surface area contributed by atoms with E-state index in [0.717, 1.165) is 6.26 Å². The molecule has 0 N–H and O–H groups in total. The SMILES string of the molecule is CCOC(=O)/C=C/[C@H]1OC(C)(C)O[C@H]1[C@H](OS(C)(=O)=O)[C@H]1COC(C)(C)O1. The molecule has 9 nitrogen and oxygen atoms in total. The van der Waals surface area contributed by atoms with E-state index in [-0.39, 0.29) is 13.2 Å². The minimum absolute atomic E-state index is 0.127. The van der Waals surface area contributed by atoms with Gasteiger partial charge in [0.25, 0.3) is 10.1 Å². The van der Waals surface area contributed by atoms with E-state index < -0.39 is 52.1 Å². The molecule has 0 unspecified atom stereocenters. The van der Waals surface area contributed by atoms with Crippen molar-refractivity contribution >= 4 is 16.1 Å². The van der Waals surface area contributed by atoms with Crippen LogP contribution in [-0.2, 0) is 42.8 Å². The number of carbonyl (C=O) groups is 1. The highest BCUT2D eigenvalue weighted by Crippen LogP contribution is 2.36. The van der Waals surface area contributed by atoms with Gasteiger partial charge < -0.3 is 23.7 Å². The molecule has 4 atom stereocenters. The van der Waals surface area contributed by atoms with E-state index >= 15 is 0 Å². The van der Waals surface area contributed by atoms with Gasteiger partial charge in [0.2, 0.25) is 0 Å². The van der Waals surface area contributed by atoms with Crippen LogP contribution in [0.3, 0.4) is 0 Å². The summed E-state index contributed by atoms with van der Waals surface area (Å²) in [7, 11) is -3.82. The monoisotopic (exact) mass is 408 g/mol. The smallest absolute Gasteiger partial charge is 0.330 e. The number of ether oxygens (including phenoxy) is 5. The summed E-state index contributed by atoms with van der Waals surface area (Å²) >= 11 is 0. The summed E-state index contributed by atoms with van der Waals surface area (Å²) in [5.41, 5.74) is 0. The molecule has 2 saturated heterocycles. The zero-order valence-electron chi connectivity index (χ0n) is 16.5. The standard InChI is InChI=1S/C17H28O9S/c1-7-21-13(18)9-8-11-14(25-17(4,5)23-11)15(26-27(6,19)20)12-10-22-16(2,3)24-12/h8-9,11-12,14-15H,7,10H2,1-6H3/b9-8+/t11-,12-,14-,15-/m1/s1. The van der Waals surface area contributed by atoms with E-state index in [1.807, 2.05) is 0 Å². The Morgan fingerprint density at radius 1 is 1.19 bits per heavy atom. The summed E-state index contributed by atoms with van der Waals surface area (Å²) < 4.78 is 56.8. The number of esters is 1. The van der Waals surface area contributed by atoms with Crippen LogP contribution in [0.2, 0.25) is 0 Å². The first-order chi connectivity index (χ1) is 12.3. The van der Waals surface area contributed by atoms with Gasteiger partial charge in [0.05, 0.1) is 19.5 Å². The molecule has 0 aromatic heterocycles. The lowest BCUT2D eigenvalue weighted by molar-refractivity contribution is -0.174. The maximum Gasteiger partial charge on any atom is 0.330 e. The second kappa shape index (κ2) is 8.14. The van der Waals surface area contributed by atoms with Gasteiger partial charge in [-0.1, -0.05) is 0 Å². The second-order valence-corrected chi connectivity index (χ2v) is 8.91. The summed E-state index contributed by atoms with van der Waals surface area (Å²) in [4.78, 5) is 11.6. The molecule has 2 aliphatic rings. The molecule has 0 aliphatic carbocycles. The molecule has 2 aliphatic heterocycles. The largest absolute Gasteiger partial charge is 0.463 e. The third kappa shape index (κ3) is 6.51. The van der Waals surface area contributed by atoms with Crippen molar-refractivity contribution in [1.82, 2.24) is 0 Å². The average molecular weight is 408 g/mol. The minimum atomic E-state index is -3.82. The van der Waals surface area contributed by atoms with Crippen molar-refractivity contribution in [2.24, 2.45) is 0 Å². The third-order valence-electron chi connectivity index (χ3n) is 3.88. The van der Waals surface area contributed by atoms with Crippen LogP contribution in [0.25, 0.3) is 0 Å². The number of hydrogen-bond acceptors (Lipinski definition) is 9. The lowest BCUT2D eigenvalue weighted by atomic mass is 10.0. The van der Waals surface area contributed by atoms with Crippen molar-refractivity contribution in [3.05, 3.63) is 12.2 Å². The lowest BCUT2D eigenvalue weighted by Gasteiger charge is -2.29. The molecule has 27 heavy (non-hydrogen) atoms. The zero-order valence-corrected chi connectivity index (χ0v) is 17.3. The Kier molecular flexibility index (Phi) is 6.71. The molecule has 0 bridgehead atoms. The minimum Gasteiger partial charge on any atom is -0.463 e. The van der Waals surface area contributed by atoms with Crippen molar-refractivity contribution in [3.8, 4) is 0 Å². The van der Waals surface area contributed by atoms with Crippen molar-refractivity contribution in [1.29, 1.82) is 0 Å². The predicted octanol–water partition coefficient (Wildman–Crippen LogP) is 1.12. The van der Waals surface area contributed by atoms with Gasteiger partial charge >= 0.3 is 5.97 Å². The Bertz CT molecular complexity index is 668. The number of carbonyl (C=O) groups excluding carboxylic acids is 1. The van der Waals surface area contributed by atoms with Gasteiger partial charge in [-0.05, 0) is 40.7 Å². The summed E-state index contributed by atoms with van der Waals surface area (Å²) in [6, 6.07) is 0. The molecular weight excluding hydrogens is 380 g/mol. The Morgan fingerprint density at radius 2 is 1.85 bits per heavy atom. The van der Waals surface area contributed by atoms with Crippen LogP contribution in [0, 0.1) is 0 Å². The summed E-state index contributed by atoms with van der Waals surface area (Å²) in [5.74, 6) is -2.43. The van der Waals surface area contributed by atoms with Crippen molar-refractivity contribution in [2.45, 2.75) is 70.6 Å². The molecule has 0 spiro atoms. The zero-order chi connectivity index (χ0) is 20.5. The predicted molar refractivity (Wildman–Crippen MR) is 94.2 cm³/mol. The highest BCUT2D eigenvalue weighted by atomic mass is 32.2. The Hall–Kier alpha value is -1.04. The lowest BCUT2D eigenvalue weighted by Crippen LogP contribution is -2.47. The van der Waals surface area contributed by atoms with Crippen LogP contribution in [0.15, 0.2) is 12.2 Å². The maximum absolute atomic E-state index is 11.8. The first-order valence-electron chi connectivity index (χ1n) is 8.72.